The molecule has 114 valence electrons. The first-order valence-corrected chi connectivity index (χ1v) is 6.76. The van der Waals surface area contributed by atoms with Crippen molar-refractivity contribution < 1.29 is 22.7 Å². The number of alkyl halides is 3. The lowest BCUT2D eigenvalue weighted by atomic mass is 9.70. The molecule has 0 saturated carbocycles. The number of carbonyl (C=O) groups is 1. The molecule has 0 rings (SSSR count). The van der Waals surface area contributed by atoms with Gasteiger partial charge in [0.05, 0.1) is 12.0 Å². The van der Waals surface area contributed by atoms with E-state index in [0.29, 0.717) is 6.42 Å². The molecule has 0 aromatic carbocycles. The highest BCUT2D eigenvalue weighted by Gasteiger charge is 2.52. The molecule has 0 aliphatic rings. The minimum Gasteiger partial charge on any atom is -0.465 e. The number of hydrogen-bond donors (Lipinski definition) is 0. The van der Waals surface area contributed by atoms with Crippen molar-refractivity contribution in [2.45, 2.75) is 66.5 Å². The van der Waals surface area contributed by atoms with Crippen LogP contribution in [0.3, 0.4) is 0 Å². The Morgan fingerprint density at radius 2 is 1.58 bits per heavy atom. The number of ether oxygens (including phenoxy) is 1. The Morgan fingerprint density at radius 1 is 1.05 bits per heavy atom. The maximum Gasteiger partial charge on any atom is 0.394 e. The normalized spacial score (nSPS) is 18.5. The monoisotopic (exact) mass is 282 g/mol. The molecule has 0 spiro atoms. The second-order valence-electron chi connectivity index (χ2n) is 5.77. The van der Waals surface area contributed by atoms with Gasteiger partial charge in [0.25, 0.3) is 0 Å². The van der Waals surface area contributed by atoms with E-state index in [4.69, 9.17) is 4.74 Å². The Hall–Kier alpha value is -0.740. The first-order chi connectivity index (χ1) is 8.53. The Balaban J connectivity index is 4.90. The van der Waals surface area contributed by atoms with Gasteiger partial charge in [-0.05, 0) is 19.3 Å². The van der Waals surface area contributed by atoms with Crippen LogP contribution < -0.4 is 0 Å². The van der Waals surface area contributed by atoms with Gasteiger partial charge in [-0.1, -0.05) is 34.6 Å². The number of esters is 1. The number of halogens is 3. The van der Waals surface area contributed by atoms with Crippen LogP contribution in [0.25, 0.3) is 0 Å². The van der Waals surface area contributed by atoms with Crippen LogP contribution in [0.2, 0.25) is 0 Å². The van der Waals surface area contributed by atoms with Gasteiger partial charge < -0.3 is 4.74 Å². The van der Waals surface area contributed by atoms with Crippen LogP contribution in [0.1, 0.15) is 60.3 Å². The van der Waals surface area contributed by atoms with Crippen molar-refractivity contribution in [3.05, 3.63) is 0 Å². The molecule has 0 N–H and O–H groups in total. The zero-order valence-electron chi connectivity index (χ0n) is 12.5. The molecule has 2 unspecified atom stereocenters. The van der Waals surface area contributed by atoms with Crippen molar-refractivity contribution >= 4 is 5.97 Å². The van der Waals surface area contributed by atoms with Gasteiger partial charge in [-0.3, -0.25) is 4.79 Å². The fraction of sp³-hybridized carbons (Fsp3) is 0.929. The van der Waals surface area contributed by atoms with E-state index >= 15 is 0 Å². The van der Waals surface area contributed by atoms with E-state index in [0.717, 1.165) is 0 Å². The van der Waals surface area contributed by atoms with Crippen molar-refractivity contribution in [1.29, 1.82) is 0 Å². The molecule has 0 aromatic rings. The highest BCUT2D eigenvalue weighted by molar-refractivity contribution is 5.68. The van der Waals surface area contributed by atoms with Gasteiger partial charge in [-0.2, -0.15) is 13.2 Å². The lowest BCUT2D eigenvalue weighted by molar-refractivity contribution is -0.231. The molecule has 0 amide bonds. The fourth-order valence-electron chi connectivity index (χ4n) is 2.00. The fourth-order valence-corrected chi connectivity index (χ4v) is 2.00. The van der Waals surface area contributed by atoms with Crippen LogP contribution >= 0.6 is 0 Å². The van der Waals surface area contributed by atoms with E-state index in [1.807, 2.05) is 6.92 Å². The predicted molar refractivity (Wildman–Crippen MR) is 68.7 cm³/mol. The van der Waals surface area contributed by atoms with Crippen LogP contribution in [0.4, 0.5) is 13.2 Å². The molecule has 19 heavy (non-hydrogen) atoms. The first kappa shape index (κ1) is 18.3. The van der Waals surface area contributed by atoms with Crippen LogP contribution in [0.5, 0.6) is 0 Å². The highest BCUT2D eigenvalue weighted by Crippen LogP contribution is 2.49. The predicted octanol–water partition coefficient (Wildman–Crippen LogP) is 4.72. The van der Waals surface area contributed by atoms with Gasteiger partial charge in [-0.15, -0.1) is 0 Å². The maximum absolute atomic E-state index is 13.1. The Labute approximate surface area is 113 Å². The van der Waals surface area contributed by atoms with E-state index in [9.17, 15) is 18.0 Å². The van der Waals surface area contributed by atoms with Crippen LogP contribution in [0, 0.1) is 10.8 Å². The van der Waals surface area contributed by atoms with Gasteiger partial charge in [-0.25, -0.2) is 0 Å². The zero-order chi connectivity index (χ0) is 15.3. The topological polar surface area (TPSA) is 26.3 Å². The average Bonchev–Trinajstić information content (AvgIpc) is 2.34. The number of carbonyl (C=O) groups excluding carboxylic acids is 1. The van der Waals surface area contributed by atoms with E-state index < -0.39 is 17.0 Å². The van der Waals surface area contributed by atoms with Crippen molar-refractivity contribution in [2.24, 2.45) is 10.8 Å². The van der Waals surface area contributed by atoms with E-state index in [-0.39, 0.29) is 31.8 Å². The molecule has 5 heteroatoms. The molecule has 0 aliphatic carbocycles. The quantitative estimate of drug-likeness (QED) is 0.631. The maximum atomic E-state index is 13.1. The van der Waals surface area contributed by atoms with Crippen LogP contribution in [-0.4, -0.2) is 18.8 Å². The van der Waals surface area contributed by atoms with Crippen molar-refractivity contribution in [2.75, 3.05) is 6.61 Å². The summed E-state index contributed by atoms with van der Waals surface area (Å²) in [4.78, 5) is 11.2. The molecule has 0 bridgehead atoms. The van der Waals surface area contributed by atoms with Gasteiger partial charge in [0, 0.05) is 11.8 Å². The third kappa shape index (κ3) is 5.03. The Bertz CT molecular complexity index is 302. The summed E-state index contributed by atoms with van der Waals surface area (Å²) in [5, 5.41) is 0. The van der Waals surface area contributed by atoms with Gasteiger partial charge >= 0.3 is 12.1 Å². The minimum atomic E-state index is -4.24. The third-order valence-corrected chi connectivity index (χ3v) is 4.01. The smallest absolute Gasteiger partial charge is 0.394 e. The highest BCUT2D eigenvalue weighted by atomic mass is 19.4. The van der Waals surface area contributed by atoms with E-state index in [2.05, 4.69) is 0 Å². The van der Waals surface area contributed by atoms with Crippen molar-refractivity contribution in [3.63, 3.8) is 0 Å². The number of rotatable bonds is 7. The number of hydrogen-bond acceptors (Lipinski definition) is 2. The lowest BCUT2D eigenvalue weighted by Gasteiger charge is -2.39. The summed E-state index contributed by atoms with van der Waals surface area (Å²) in [6, 6.07) is 0. The summed E-state index contributed by atoms with van der Waals surface area (Å²) in [5.74, 6) is -0.370. The average molecular weight is 282 g/mol. The summed E-state index contributed by atoms with van der Waals surface area (Å²) in [7, 11) is 0. The van der Waals surface area contributed by atoms with Gasteiger partial charge in [0.2, 0.25) is 0 Å². The molecule has 0 aliphatic heterocycles. The summed E-state index contributed by atoms with van der Waals surface area (Å²) >= 11 is 0. The molecule has 0 saturated heterocycles. The molecular weight excluding hydrogens is 257 g/mol. The van der Waals surface area contributed by atoms with E-state index in [1.54, 1.807) is 20.8 Å². The van der Waals surface area contributed by atoms with E-state index in [1.165, 1.54) is 6.92 Å². The minimum absolute atomic E-state index is 0.0216. The lowest BCUT2D eigenvalue weighted by Crippen LogP contribution is -2.41. The largest absolute Gasteiger partial charge is 0.465 e. The summed E-state index contributed by atoms with van der Waals surface area (Å²) in [6.45, 7) is 8.06. The van der Waals surface area contributed by atoms with Crippen LogP contribution in [0.15, 0.2) is 0 Å². The summed E-state index contributed by atoms with van der Waals surface area (Å²) in [5.41, 5.74) is -2.39. The molecule has 2 atom stereocenters. The van der Waals surface area contributed by atoms with Gasteiger partial charge in [0.1, 0.15) is 0 Å². The van der Waals surface area contributed by atoms with Crippen LogP contribution in [-0.2, 0) is 9.53 Å². The molecule has 0 heterocycles. The van der Waals surface area contributed by atoms with Crippen molar-refractivity contribution in [1.82, 2.24) is 0 Å². The first-order valence-electron chi connectivity index (χ1n) is 6.76. The molecular formula is C14H25F3O2. The second-order valence-corrected chi connectivity index (χ2v) is 5.77. The summed E-state index contributed by atoms with van der Waals surface area (Å²) in [6.07, 6.45) is -3.48. The Kier molecular flexibility index (Phi) is 6.36. The zero-order valence-corrected chi connectivity index (χ0v) is 12.5. The summed E-state index contributed by atoms with van der Waals surface area (Å²) < 4.78 is 44.4. The molecule has 2 nitrogen and oxygen atoms in total. The SMILES string of the molecule is CCC(=O)OCC(C)(CC)CC(C)(CC)C(F)(F)F. The molecule has 0 aromatic heterocycles. The van der Waals surface area contributed by atoms with Crippen molar-refractivity contribution in [3.8, 4) is 0 Å². The third-order valence-electron chi connectivity index (χ3n) is 4.01. The van der Waals surface area contributed by atoms with Gasteiger partial charge in [0.15, 0.2) is 0 Å². The second kappa shape index (κ2) is 6.62. The standard InChI is InChI=1S/C14H25F3O2/c1-6-11(18)19-10-12(4,7-2)9-13(5,8-3)14(15,16)17/h6-10H2,1-5H3. The molecule has 0 radical (unpaired) electrons. The molecule has 0 fully saturated rings. The Morgan fingerprint density at radius 3 is 1.89 bits per heavy atom.